The largest absolute Gasteiger partial charge is 0.741 e. The van der Waals surface area contributed by atoms with E-state index in [2.05, 4.69) is 23.7 Å². The van der Waals surface area contributed by atoms with Crippen LogP contribution in [0.15, 0.2) is 66.7 Å². The van der Waals surface area contributed by atoms with Gasteiger partial charge in [0.15, 0.2) is 10.1 Å². The van der Waals surface area contributed by atoms with Crippen LogP contribution in [0.5, 0.6) is 11.5 Å². The third-order valence-corrected chi connectivity index (χ3v) is 5.41. The van der Waals surface area contributed by atoms with Crippen LogP contribution in [0.4, 0.5) is 13.2 Å². The Morgan fingerprint density at radius 3 is 1.54 bits per heavy atom. The Balaban J connectivity index is 0.000000521. The molecule has 0 N–H and O–H groups in total. The van der Waals surface area contributed by atoms with Crippen LogP contribution in [0.1, 0.15) is 11.4 Å². The minimum absolute atomic E-state index is 0.241. The third-order valence-electron chi connectivity index (χ3n) is 4.22. The summed E-state index contributed by atoms with van der Waals surface area (Å²) >= 11 is 12.1. The molecule has 0 saturated carbocycles. The van der Waals surface area contributed by atoms with Crippen LogP contribution in [0.25, 0.3) is 0 Å². The van der Waals surface area contributed by atoms with Gasteiger partial charge in [-0.15, -0.1) is 0 Å². The predicted octanol–water partition coefficient (Wildman–Crippen LogP) is 4.73. The minimum Gasteiger partial charge on any atom is -0.741 e. The van der Waals surface area contributed by atoms with Crippen molar-refractivity contribution in [3.8, 4) is 35.2 Å². The lowest BCUT2D eigenvalue weighted by Gasteiger charge is -2.08. The number of hydrogen-bond acceptors (Lipinski definition) is 5. The Morgan fingerprint density at radius 2 is 1.19 bits per heavy atom. The van der Waals surface area contributed by atoms with Crippen molar-refractivity contribution in [2.45, 2.75) is 5.51 Å². The van der Waals surface area contributed by atoms with E-state index in [1.165, 1.54) is 0 Å². The zero-order chi connectivity index (χ0) is 27.5. The summed E-state index contributed by atoms with van der Waals surface area (Å²) in [6, 6.07) is 20.4. The molecule has 0 fully saturated rings. The van der Waals surface area contributed by atoms with E-state index in [-0.39, 0.29) is 13.2 Å². The second-order valence-electron chi connectivity index (χ2n) is 6.80. The molecule has 0 saturated heterocycles. The molecular weight excluding hydrogens is 554 g/mol. The number of pyridine rings is 1. The SMILES string of the molecule is C[n+]1c(C#CCOc2ccccc2Cl)cccc1C#CCOc1ccccc1Cl.O=S(=O)([O-])C(F)(F)F. The van der Waals surface area contributed by atoms with Crippen molar-refractivity contribution in [2.75, 3.05) is 13.2 Å². The van der Waals surface area contributed by atoms with E-state index < -0.39 is 15.6 Å². The maximum absolute atomic E-state index is 10.7. The van der Waals surface area contributed by atoms with Gasteiger partial charge in [-0.25, -0.2) is 8.42 Å². The molecule has 1 heterocycles. The maximum Gasteiger partial charge on any atom is 0.485 e. The van der Waals surface area contributed by atoms with Crippen molar-refractivity contribution in [1.82, 2.24) is 0 Å². The van der Waals surface area contributed by atoms with Gasteiger partial charge in [0.1, 0.15) is 31.8 Å². The highest BCUT2D eigenvalue weighted by molar-refractivity contribution is 7.86. The van der Waals surface area contributed by atoms with Crippen LogP contribution < -0.4 is 14.0 Å². The van der Waals surface area contributed by atoms with E-state index in [0.717, 1.165) is 11.4 Å². The summed E-state index contributed by atoms with van der Waals surface area (Å²) in [5.41, 5.74) is -3.99. The molecule has 0 unspecified atom stereocenters. The molecule has 2 aromatic carbocycles. The topological polar surface area (TPSA) is 79.5 Å². The molecule has 0 radical (unpaired) electrons. The first kappa shape index (κ1) is 29.8. The Kier molecular flexibility index (Phi) is 11.1. The minimum atomic E-state index is -6.09. The maximum atomic E-state index is 10.7. The zero-order valence-corrected chi connectivity index (χ0v) is 21.4. The summed E-state index contributed by atoms with van der Waals surface area (Å²) in [5, 5.41) is 1.13. The fraction of sp³-hybridized carbons (Fsp3) is 0.160. The molecule has 0 aliphatic carbocycles. The molecule has 0 amide bonds. The van der Waals surface area contributed by atoms with Crippen molar-refractivity contribution in [3.63, 3.8) is 0 Å². The van der Waals surface area contributed by atoms with Crippen LogP contribution >= 0.6 is 23.2 Å². The van der Waals surface area contributed by atoms with E-state index in [9.17, 15) is 13.2 Å². The summed E-state index contributed by atoms with van der Waals surface area (Å²) in [6.45, 7) is 0.483. The number of para-hydroxylation sites is 2. The molecule has 0 spiro atoms. The van der Waals surface area contributed by atoms with Gasteiger partial charge < -0.3 is 14.0 Å². The summed E-state index contributed by atoms with van der Waals surface area (Å²) in [5.74, 6) is 13.4. The Morgan fingerprint density at radius 1 is 0.811 bits per heavy atom. The monoisotopic (exact) mass is 571 g/mol. The van der Waals surface area contributed by atoms with Gasteiger partial charge in [-0.1, -0.05) is 59.3 Å². The number of hydrogen-bond donors (Lipinski definition) is 0. The van der Waals surface area contributed by atoms with Gasteiger partial charge in [0, 0.05) is 24.0 Å². The first-order valence-electron chi connectivity index (χ1n) is 10.1. The molecule has 0 bridgehead atoms. The fourth-order valence-electron chi connectivity index (χ4n) is 2.44. The number of halogens is 5. The van der Waals surface area contributed by atoms with Gasteiger partial charge >= 0.3 is 5.51 Å². The van der Waals surface area contributed by atoms with E-state index in [0.29, 0.717) is 21.5 Å². The average molecular weight is 572 g/mol. The number of alkyl halides is 3. The van der Waals surface area contributed by atoms with E-state index >= 15 is 0 Å². The first-order valence-corrected chi connectivity index (χ1v) is 12.3. The number of benzene rings is 2. The van der Waals surface area contributed by atoms with Crippen LogP contribution in [0.3, 0.4) is 0 Å². The van der Waals surface area contributed by atoms with Crippen LogP contribution in [-0.2, 0) is 17.2 Å². The molecule has 0 aliphatic rings. The Bertz CT molecular complexity index is 1370. The molecule has 12 heteroatoms. The zero-order valence-electron chi connectivity index (χ0n) is 19.1. The van der Waals surface area contributed by atoms with Gasteiger partial charge in [0.05, 0.1) is 10.0 Å². The van der Waals surface area contributed by atoms with Crippen molar-refractivity contribution in [2.24, 2.45) is 7.05 Å². The Hall–Kier alpha value is -3.41. The lowest BCUT2D eigenvalue weighted by atomic mass is 10.2. The quantitative estimate of drug-likeness (QED) is 0.196. The second-order valence-corrected chi connectivity index (χ2v) is 8.98. The standard InChI is InChI=1S/C24H18Cl2NO2.CHF3O3S/c1-27-19(11-7-17-28-23-15-4-2-13-21(23)25)9-6-10-20(27)12-8-18-29-24-16-5-3-14-22(24)26;2-1(3,4)8(5,6)7/h2-6,9-10,13-16H,17-18H2,1H3;(H,5,6,7)/q+1;/p-1. The lowest BCUT2D eigenvalue weighted by Crippen LogP contribution is -2.36. The molecular formula is C25H18Cl2F3NO5S. The second kappa shape index (κ2) is 13.8. The molecule has 0 aliphatic heterocycles. The van der Waals surface area contributed by atoms with Crippen LogP contribution in [-0.4, -0.2) is 31.7 Å². The predicted molar refractivity (Wildman–Crippen MR) is 131 cm³/mol. The van der Waals surface area contributed by atoms with E-state index in [1.807, 2.05) is 66.2 Å². The highest BCUT2D eigenvalue weighted by Gasteiger charge is 2.36. The van der Waals surface area contributed by atoms with Crippen molar-refractivity contribution < 1.29 is 40.2 Å². The Labute approximate surface area is 222 Å². The molecule has 3 rings (SSSR count). The highest BCUT2D eigenvalue weighted by atomic mass is 35.5. The molecule has 3 aromatic rings. The van der Waals surface area contributed by atoms with Gasteiger partial charge in [-0.2, -0.15) is 17.7 Å². The third kappa shape index (κ3) is 9.87. The highest BCUT2D eigenvalue weighted by Crippen LogP contribution is 2.23. The number of ether oxygens (including phenoxy) is 2. The number of nitrogens with zero attached hydrogens (tertiary/aromatic N) is 1. The van der Waals surface area contributed by atoms with Gasteiger partial charge in [-0.05, 0) is 30.3 Å². The first-order chi connectivity index (χ1) is 17.4. The summed E-state index contributed by atoms with van der Waals surface area (Å²) < 4.78 is 72.0. The van der Waals surface area contributed by atoms with Gasteiger partial charge in [0.25, 0.3) is 11.4 Å². The van der Waals surface area contributed by atoms with Crippen molar-refractivity contribution in [3.05, 3.63) is 88.2 Å². The summed E-state index contributed by atoms with van der Waals surface area (Å²) in [7, 11) is -4.18. The van der Waals surface area contributed by atoms with Gasteiger partial charge in [0.2, 0.25) is 0 Å². The summed E-state index contributed by atoms with van der Waals surface area (Å²) in [6.07, 6.45) is 0. The molecule has 1 aromatic heterocycles. The van der Waals surface area contributed by atoms with Crippen molar-refractivity contribution >= 4 is 33.3 Å². The van der Waals surface area contributed by atoms with Crippen LogP contribution in [0, 0.1) is 23.7 Å². The van der Waals surface area contributed by atoms with E-state index in [1.54, 1.807) is 12.1 Å². The normalized spacial score (nSPS) is 10.6. The molecule has 6 nitrogen and oxygen atoms in total. The van der Waals surface area contributed by atoms with Crippen molar-refractivity contribution in [1.29, 1.82) is 0 Å². The number of rotatable bonds is 4. The molecule has 0 atom stereocenters. The smallest absolute Gasteiger partial charge is 0.485 e. The molecule has 37 heavy (non-hydrogen) atoms. The van der Waals surface area contributed by atoms with Gasteiger partial charge in [-0.3, -0.25) is 0 Å². The summed E-state index contributed by atoms with van der Waals surface area (Å²) in [4.78, 5) is 0. The average Bonchev–Trinajstić information content (AvgIpc) is 2.82. The van der Waals surface area contributed by atoms with Crippen LogP contribution in [0.2, 0.25) is 10.0 Å². The molecule has 194 valence electrons. The fourth-order valence-corrected chi connectivity index (χ4v) is 2.82. The van der Waals surface area contributed by atoms with E-state index in [4.69, 9.17) is 45.6 Å². The lowest BCUT2D eigenvalue weighted by molar-refractivity contribution is -0.676. The number of aromatic nitrogens is 1.